The SMILES string of the molecule is C=NC1(C)CCc2c(-c3cncnc3)ccc(CC)c2C1. The van der Waals surface area contributed by atoms with Crippen molar-refractivity contribution in [2.45, 2.75) is 45.1 Å². The molecule has 0 amide bonds. The molecule has 0 fully saturated rings. The van der Waals surface area contributed by atoms with E-state index in [2.05, 4.69) is 47.7 Å². The number of aromatic nitrogens is 2. The molecule has 0 saturated carbocycles. The van der Waals surface area contributed by atoms with Gasteiger partial charge in [-0.1, -0.05) is 19.1 Å². The molecule has 3 rings (SSSR count). The Morgan fingerprint density at radius 2 is 2.00 bits per heavy atom. The summed E-state index contributed by atoms with van der Waals surface area (Å²) in [6.45, 7) is 8.22. The van der Waals surface area contributed by atoms with Crippen LogP contribution in [0, 0.1) is 0 Å². The van der Waals surface area contributed by atoms with Crippen LogP contribution in [0.15, 0.2) is 35.8 Å². The van der Waals surface area contributed by atoms with E-state index in [0.717, 1.165) is 31.2 Å². The van der Waals surface area contributed by atoms with Gasteiger partial charge >= 0.3 is 0 Å². The smallest absolute Gasteiger partial charge is 0.115 e. The van der Waals surface area contributed by atoms with Gasteiger partial charge in [0.1, 0.15) is 6.33 Å². The van der Waals surface area contributed by atoms with Crippen molar-refractivity contribution in [3.63, 3.8) is 0 Å². The molecule has 1 aromatic carbocycles. The lowest BCUT2D eigenvalue weighted by Gasteiger charge is -2.33. The first-order chi connectivity index (χ1) is 10.2. The van der Waals surface area contributed by atoms with Gasteiger partial charge in [0, 0.05) is 18.0 Å². The molecule has 2 aromatic rings. The van der Waals surface area contributed by atoms with Crippen LogP contribution in [0.4, 0.5) is 0 Å². The lowest BCUT2D eigenvalue weighted by Crippen LogP contribution is -2.31. The first-order valence-electron chi connectivity index (χ1n) is 7.54. The van der Waals surface area contributed by atoms with Gasteiger partial charge < -0.3 is 0 Å². The number of aliphatic imine (C=N–C) groups is 1. The van der Waals surface area contributed by atoms with Gasteiger partial charge in [0.15, 0.2) is 0 Å². The number of nitrogens with zero attached hydrogens (tertiary/aromatic N) is 3. The first-order valence-corrected chi connectivity index (χ1v) is 7.54. The summed E-state index contributed by atoms with van der Waals surface area (Å²) in [6.07, 6.45) is 9.51. The molecule has 1 aliphatic rings. The third kappa shape index (κ3) is 2.48. The number of benzene rings is 1. The predicted molar refractivity (Wildman–Crippen MR) is 86.8 cm³/mol. The number of aryl methyl sites for hydroxylation is 1. The minimum atomic E-state index is -0.0251. The minimum Gasteiger partial charge on any atom is -0.294 e. The molecule has 108 valence electrons. The Morgan fingerprint density at radius 1 is 1.24 bits per heavy atom. The molecule has 1 aliphatic carbocycles. The molecule has 3 heteroatoms. The van der Waals surface area contributed by atoms with Crippen molar-refractivity contribution in [1.82, 2.24) is 9.97 Å². The van der Waals surface area contributed by atoms with Crippen LogP contribution in [0.5, 0.6) is 0 Å². The van der Waals surface area contributed by atoms with Crippen LogP contribution in [0.1, 0.15) is 37.0 Å². The molecular weight excluding hydrogens is 258 g/mol. The minimum absolute atomic E-state index is 0.0251. The summed E-state index contributed by atoms with van der Waals surface area (Å²) >= 11 is 0. The molecule has 1 atom stereocenters. The van der Waals surface area contributed by atoms with E-state index in [-0.39, 0.29) is 5.54 Å². The Hall–Kier alpha value is -2.03. The van der Waals surface area contributed by atoms with E-state index < -0.39 is 0 Å². The van der Waals surface area contributed by atoms with Crippen LogP contribution in [0.3, 0.4) is 0 Å². The Morgan fingerprint density at radius 3 is 2.67 bits per heavy atom. The number of rotatable bonds is 3. The maximum Gasteiger partial charge on any atom is 0.115 e. The van der Waals surface area contributed by atoms with Crippen LogP contribution in [-0.4, -0.2) is 22.2 Å². The topological polar surface area (TPSA) is 38.1 Å². The summed E-state index contributed by atoms with van der Waals surface area (Å²) in [4.78, 5) is 12.7. The molecule has 21 heavy (non-hydrogen) atoms. The fraction of sp³-hybridized carbons (Fsp3) is 0.389. The van der Waals surface area contributed by atoms with Crippen molar-refractivity contribution >= 4 is 6.72 Å². The van der Waals surface area contributed by atoms with Crippen molar-refractivity contribution in [1.29, 1.82) is 0 Å². The molecule has 0 spiro atoms. The Kier molecular flexibility index (Phi) is 3.58. The maximum atomic E-state index is 4.38. The number of fused-ring (bicyclic) bond motifs is 1. The van der Waals surface area contributed by atoms with Gasteiger partial charge in [-0.3, -0.25) is 4.99 Å². The molecule has 1 heterocycles. The van der Waals surface area contributed by atoms with Gasteiger partial charge in [0.2, 0.25) is 0 Å². The largest absolute Gasteiger partial charge is 0.294 e. The molecule has 0 saturated heterocycles. The summed E-state index contributed by atoms with van der Waals surface area (Å²) in [5.74, 6) is 0. The summed E-state index contributed by atoms with van der Waals surface area (Å²) in [6, 6.07) is 4.47. The fourth-order valence-electron chi connectivity index (χ4n) is 3.29. The normalized spacial score (nSPS) is 20.9. The summed E-state index contributed by atoms with van der Waals surface area (Å²) in [7, 11) is 0. The number of hydrogen-bond acceptors (Lipinski definition) is 3. The molecular formula is C18H21N3. The standard InChI is InChI=1S/C18H21N3/c1-4-13-5-6-15(14-10-20-12-21-11-14)16-7-8-18(2,19-3)9-17(13)16/h5-6,10-12H,3-4,7-9H2,1-2H3. The Labute approximate surface area is 126 Å². The molecule has 1 aromatic heterocycles. The van der Waals surface area contributed by atoms with Crippen molar-refractivity contribution in [3.8, 4) is 11.1 Å². The predicted octanol–water partition coefficient (Wildman–Crippen LogP) is 3.65. The van der Waals surface area contributed by atoms with Gasteiger partial charge in [-0.05, 0) is 61.6 Å². The summed E-state index contributed by atoms with van der Waals surface area (Å²) in [5.41, 5.74) is 6.69. The van der Waals surface area contributed by atoms with E-state index in [1.807, 2.05) is 12.4 Å². The highest BCUT2D eigenvalue weighted by Crippen LogP contribution is 2.38. The highest BCUT2D eigenvalue weighted by Gasteiger charge is 2.31. The molecule has 0 N–H and O–H groups in total. The zero-order valence-corrected chi connectivity index (χ0v) is 12.8. The van der Waals surface area contributed by atoms with Gasteiger partial charge in [-0.25, -0.2) is 9.97 Å². The van der Waals surface area contributed by atoms with Crippen LogP contribution >= 0.6 is 0 Å². The molecule has 1 unspecified atom stereocenters. The first kappa shape index (κ1) is 13.9. The highest BCUT2D eigenvalue weighted by atomic mass is 14.8. The van der Waals surface area contributed by atoms with Crippen molar-refractivity contribution in [2.24, 2.45) is 4.99 Å². The van der Waals surface area contributed by atoms with Gasteiger partial charge in [-0.15, -0.1) is 0 Å². The van der Waals surface area contributed by atoms with Crippen LogP contribution in [0.25, 0.3) is 11.1 Å². The van der Waals surface area contributed by atoms with Gasteiger partial charge in [0.05, 0.1) is 5.54 Å². The van der Waals surface area contributed by atoms with Crippen molar-refractivity contribution in [2.75, 3.05) is 0 Å². The lowest BCUT2D eigenvalue weighted by molar-refractivity contribution is 0.413. The lowest BCUT2D eigenvalue weighted by atomic mass is 9.75. The third-order valence-corrected chi connectivity index (χ3v) is 4.63. The third-order valence-electron chi connectivity index (χ3n) is 4.63. The van der Waals surface area contributed by atoms with Gasteiger partial charge in [-0.2, -0.15) is 0 Å². The van der Waals surface area contributed by atoms with E-state index >= 15 is 0 Å². The summed E-state index contributed by atoms with van der Waals surface area (Å²) in [5, 5.41) is 0. The van der Waals surface area contributed by atoms with Crippen LogP contribution in [0.2, 0.25) is 0 Å². The van der Waals surface area contributed by atoms with Crippen LogP contribution < -0.4 is 0 Å². The Bertz CT molecular complexity index is 664. The monoisotopic (exact) mass is 279 g/mol. The average Bonchev–Trinajstić information content (AvgIpc) is 2.54. The quantitative estimate of drug-likeness (QED) is 0.804. The molecule has 0 aliphatic heterocycles. The second-order valence-corrected chi connectivity index (χ2v) is 6.04. The average molecular weight is 279 g/mol. The maximum absolute atomic E-state index is 4.38. The zero-order chi connectivity index (χ0) is 14.9. The second kappa shape index (κ2) is 5.40. The van der Waals surface area contributed by atoms with E-state index in [0.29, 0.717) is 0 Å². The van der Waals surface area contributed by atoms with E-state index in [4.69, 9.17) is 0 Å². The van der Waals surface area contributed by atoms with Gasteiger partial charge in [0.25, 0.3) is 0 Å². The fourth-order valence-corrected chi connectivity index (χ4v) is 3.29. The van der Waals surface area contributed by atoms with Crippen molar-refractivity contribution < 1.29 is 0 Å². The van der Waals surface area contributed by atoms with E-state index in [9.17, 15) is 0 Å². The second-order valence-electron chi connectivity index (χ2n) is 6.04. The molecule has 0 bridgehead atoms. The van der Waals surface area contributed by atoms with Crippen molar-refractivity contribution in [3.05, 3.63) is 47.5 Å². The summed E-state index contributed by atoms with van der Waals surface area (Å²) < 4.78 is 0. The van der Waals surface area contributed by atoms with E-state index in [1.54, 1.807) is 6.33 Å². The van der Waals surface area contributed by atoms with Crippen LogP contribution in [-0.2, 0) is 19.3 Å². The Balaban J connectivity index is 2.15. The zero-order valence-electron chi connectivity index (χ0n) is 12.8. The number of hydrogen-bond donors (Lipinski definition) is 0. The molecule has 3 nitrogen and oxygen atoms in total. The molecule has 0 radical (unpaired) electrons. The van der Waals surface area contributed by atoms with E-state index in [1.165, 1.54) is 22.3 Å². The highest BCUT2D eigenvalue weighted by molar-refractivity contribution is 5.69.